The van der Waals surface area contributed by atoms with E-state index in [0.717, 1.165) is 48.2 Å². The number of halogens is 1. The molecule has 0 amide bonds. The van der Waals surface area contributed by atoms with E-state index >= 15 is 0 Å². The highest BCUT2D eigenvalue weighted by Crippen LogP contribution is 2.28. The van der Waals surface area contributed by atoms with Crippen LogP contribution in [0.2, 0.25) is 0 Å². The van der Waals surface area contributed by atoms with E-state index in [1.165, 1.54) is 0 Å². The molecule has 19 heavy (non-hydrogen) atoms. The lowest BCUT2D eigenvalue weighted by Gasteiger charge is -2.19. The number of benzene rings is 1. The van der Waals surface area contributed by atoms with Crippen LogP contribution in [0.5, 0.6) is 0 Å². The molecule has 0 aliphatic carbocycles. The number of carbonyl (C=O) groups is 1. The monoisotopic (exact) mass is 274 g/mol. The van der Waals surface area contributed by atoms with E-state index in [1.54, 1.807) is 0 Å². The van der Waals surface area contributed by atoms with Crippen molar-refractivity contribution < 1.29 is 4.79 Å². The fraction of sp³-hybridized carbons (Fsp3) is 0.333. The number of anilines is 1. The summed E-state index contributed by atoms with van der Waals surface area (Å²) in [6.45, 7) is 3.92. The van der Waals surface area contributed by atoms with E-state index in [-0.39, 0.29) is 0 Å². The van der Waals surface area contributed by atoms with Crippen molar-refractivity contribution >= 4 is 33.6 Å². The maximum atomic E-state index is 11.7. The Morgan fingerprint density at radius 2 is 2.05 bits per heavy atom. The van der Waals surface area contributed by atoms with Gasteiger partial charge in [-0.1, -0.05) is 18.2 Å². The molecule has 0 N–H and O–H groups in total. The van der Waals surface area contributed by atoms with Gasteiger partial charge in [0, 0.05) is 18.5 Å². The Morgan fingerprint density at radius 3 is 2.74 bits per heavy atom. The van der Waals surface area contributed by atoms with E-state index in [0.29, 0.717) is 5.56 Å². The van der Waals surface area contributed by atoms with Gasteiger partial charge in [-0.2, -0.15) is 0 Å². The minimum atomic E-state index is -0.433. The fourth-order valence-electron chi connectivity index (χ4n) is 2.65. The molecule has 1 fully saturated rings. The molecule has 2 heterocycles. The lowest BCUT2D eigenvalue weighted by Crippen LogP contribution is -2.21. The van der Waals surface area contributed by atoms with Crippen molar-refractivity contribution in [3.8, 4) is 0 Å². The third-order valence-corrected chi connectivity index (χ3v) is 3.85. The van der Waals surface area contributed by atoms with Crippen LogP contribution >= 0.6 is 11.6 Å². The quantitative estimate of drug-likeness (QED) is 0.786. The van der Waals surface area contributed by atoms with Gasteiger partial charge in [0.1, 0.15) is 5.82 Å². The lowest BCUT2D eigenvalue weighted by molar-refractivity contribution is 0.108. The topological polar surface area (TPSA) is 33.2 Å². The van der Waals surface area contributed by atoms with Crippen molar-refractivity contribution in [3.05, 3.63) is 35.4 Å². The first-order valence-electron chi connectivity index (χ1n) is 6.52. The summed E-state index contributed by atoms with van der Waals surface area (Å²) in [5, 5.41) is 0.532. The minimum absolute atomic E-state index is 0.433. The van der Waals surface area contributed by atoms with Gasteiger partial charge in [-0.3, -0.25) is 4.79 Å². The number of aryl methyl sites for hydroxylation is 1. The van der Waals surface area contributed by atoms with Crippen molar-refractivity contribution in [2.45, 2.75) is 19.8 Å². The van der Waals surface area contributed by atoms with Crippen molar-refractivity contribution in [1.29, 1.82) is 0 Å². The lowest BCUT2D eigenvalue weighted by atomic mass is 10.1. The average Bonchev–Trinajstić information content (AvgIpc) is 2.91. The second-order valence-electron chi connectivity index (χ2n) is 4.97. The zero-order chi connectivity index (χ0) is 13.4. The first-order valence-corrected chi connectivity index (χ1v) is 6.90. The Hall–Kier alpha value is -1.61. The molecule has 1 aliphatic rings. The molecule has 1 aliphatic heterocycles. The molecule has 1 aromatic heterocycles. The maximum Gasteiger partial charge on any atom is 0.256 e. The zero-order valence-electron chi connectivity index (χ0n) is 10.8. The molecule has 0 saturated carbocycles. The number of nitrogens with zero attached hydrogens (tertiary/aromatic N) is 2. The third-order valence-electron chi connectivity index (χ3n) is 3.64. The normalized spacial score (nSPS) is 15.2. The van der Waals surface area contributed by atoms with Crippen LogP contribution in [0.3, 0.4) is 0 Å². The summed E-state index contributed by atoms with van der Waals surface area (Å²) in [6.07, 6.45) is 2.28. The molecule has 0 bridgehead atoms. The van der Waals surface area contributed by atoms with Gasteiger partial charge in [0.2, 0.25) is 0 Å². The first-order chi connectivity index (χ1) is 9.16. The number of hydrogen-bond acceptors (Lipinski definition) is 3. The predicted octanol–water partition coefficient (Wildman–Crippen LogP) is 3.52. The molecule has 1 saturated heterocycles. The smallest absolute Gasteiger partial charge is 0.256 e. The summed E-state index contributed by atoms with van der Waals surface area (Å²) in [7, 11) is 0. The van der Waals surface area contributed by atoms with Gasteiger partial charge < -0.3 is 4.90 Å². The van der Waals surface area contributed by atoms with Crippen LogP contribution < -0.4 is 4.90 Å². The number of pyridine rings is 1. The molecular formula is C15H15ClN2O. The highest BCUT2D eigenvalue weighted by Gasteiger charge is 2.21. The minimum Gasteiger partial charge on any atom is -0.356 e. The molecule has 3 nitrogen and oxygen atoms in total. The van der Waals surface area contributed by atoms with E-state index in [2.05, 4.69) is 4.90 Å². The standard InChI is InChI=1S/C15H15ClN2O/c1-10-5-4-6-11-9-12(14(16)19)15(17-13(10)11)18-7-2-3-8-18/h4-6,9H,2-3,7-8H2,1H3. The Balaban J connectivity index is 2.24. The van der Waals surface area contributed by atoms with Gasteiger partial charge in [-0.15, -0.1) is 0 Å². The molecule has 0 unspecified atom stereocenters. The fourth-order valence-corrected chi connectivity index (χ4v) is 2.79. The molecule has 2 aromatic rings. The Kier molecular flexibility index (Phi) is 3.15. The van der Waals surface area contributed by atoms with E-state index in [1.807, 2.05) is 31.2 Å². The Labute approximate surface area is 117 Å². The molecule has 98 valence electrons. The highest BCUT2D eigenvalue weighted by molar-refractivity contribution is 6.68. The summed E-state index contributed by atoms with van der Waals surface area (Å²) < 4.78 is 0. The van der Waals surface area contributed by atoms with Crippen LogP contribution in [0.1, 0.15) is 28.8 Å². The Morgan fingerprint density at radius 1 is 1.32 bits per heavy atom. The van der Waals surface area contributed by atoms with Crippen LogP contribution in [-0.4, -0.2) is 23.3 Å². The van der Waals surface area contributed by atoms with Gasteiger partial charge in [0.25, 0.3) is 5.24 Å². The second kappa shape index (κ2) is 4.82. The van der Waals surface area contributed by atoms with Crippen molar-refractivity contribution in [1.82, 2.24) is 4.98 Å². The van der Waals surface area contributed by atoms with Gasteiger partial charge in [-0.25, -0.2) is 4.98 Å². The first kappa shape index (κ1) is 12.4. The van der Waals surface area contributed by atoms with Gasteiger partial charge in [-0.05, 0) is 43.0 Å². The SMILES string of the molecule is Cc1cccc2cc(C(=O)Cl)c(N3CCCC3)nc12. The summed E-state index contributed by atoms with van der Waals surface area (Å²) in [6, 6.07) is 7.83. The van der Waals surface area contributed by atoms with Crippen molar-refractivity contribution in [2.75, 3.05) is 18.0 Å². The second-order valence-corrected chi connectivity index (χ2v) is 5.32. The highest BCUT2D eigenvalue weighted by atomic mass is 35.5. The number of carbonyl (C=O) groups excluding carboxylic acids is 1. The predicted molar refractivity (Wildman–Crippen MR) is 78.1 cm³/mol. The number of para-hydroxylation sites is 1. The zero-order valence-corrected chi connectivity index (χ0v) is 11.6. The molecule has 0 radical (unpaired) electrons. The molecule has 3 rings (SSSR count). The van der Waals surface area contributed by atoms with Crippen molar-refractivity contribution in [3.63, 3.8) is 0 Å². The van der Waals surface area contributed by atoms with Gasteiger partial charge in [0.15, 0.2) is 0 Å². The number of aromatic nitrogens is 1. The molecule has 4 heteroatoms. The molecular weight excluding hydrogens is 260 g/mol. The van der Waals surface area contributed by atoms with Crippen LogP contribution in [0.4, 0.5) is 5.82 Å². The molecule has 0 atom stereocenters. The van der Waals surface area contributed by atoms with Crippen LogP contribution in [-0.2, 0) is 0 Å². The summed E-state index contributed by atoms with van der Waals surface area (Å²) in [5.74, 6) is 0.735. The number of hydrogen-bond donors (Lipinski definition) is 0. The van der Waals surface area contributed by atoms with E-state index in [4.69, 9.17) is 16.6 Å². The van der Waals surface area contributed by atoms with Gasteiger partial charge >= 0.3 is 0 Å². The summed E-state index contributed by atoms with van der Waals surface area (Å²) >= 11 is 5.72. The van der Waals surface area contributed by atoms with Crippen LogP contribution in [0.15, 0.2) is 24.3 Å². The van der Waals surface area contributed by atoms with Gasteiger partial charge in [0.05, 0.1) is 11.1 Å². The van der Waals surface area contributed by atoms with Crippen molar-refractivity contribution in [2.24, 2.45) is 0 Å². The molecule has 0 spiro atoms. The summed E-state index contributed by atoms with van der Waals surface area (Å²) in [5.41, 5.74) is 2.58. The third kappa shape index (κ3) is 2.19. The van der Waals surface area contributed by atoms with Crippen LogP contribution in [0, 0.1) is 6.92 Å². The van der Waals surface area contributed by atoms with Crippen LogP contribution in [0.25, 0.3) is 10.9 Å². The van der Waals surface area contributed by atoms with E-state index < -0.39 is 5.24 Å². The molecule has 1 aromatic carbocycles. The maximum absolute atomic E-state index is 11.7. The number of rotatable bonds is 2. The van der Waals surface area contributed by atoms with E-state index in [9.17, 15) is 4.79 Å². The largest absolute Gasteiger partial charge is 0.356 e. The Bertz CT molecular complexity index is 648. The summed E-state index contributed by atoms with van der Waals surface area (Å²) in [4.78, 5) is 18.5. The average molecular weight is 275 g/mol. The number of fused-ring (bicyclic) bond motifs is 1.